The first kappa shape index (κ1) is 20.1. The minimum atomic E-state index is -0.497. The first-order chi connectivity index (χ1) is 14.2. The van der Waals surface area contributed by atoms with Crippen LogP contribution in [-0.2, 0) is 9.59 Å². The zero-order valence-corrected chi connectivity index (χ0v) is 17.3. The lowest BCUT2D eigenvalue weighted by Gasteiger charge is -2.41. The van der Waals surface area contributed by atoms with E-state index in [-0.39, 0.29) is 22.9 Å². The van der Waals surface area contributed by atoms with Gasteiger partial charge >= 0.3 is 0 Å². The van der Waals surface area contributed by atoms with E-state index in [1.54, 1.807) is 12.1 Å². The lowest BCUT2D eigenvalue weighted by molar-refractivity contribution is -0.124. The van der Waals surface area contributed by atoms with E-state index in [9.17, 15) is 14.0 Å². The SMILES string of the molecule is CC1=C(C(=O)Nc2ccccc2)C(c2ccc(F)cc2)C2C(=O)CC(C)(C)C=C2N1. The van der Waals surface area contributed by atoms with Crippen molar-refractivity contribution in [2.45, 2.75) is 33.1 Å². The second-order valence-electron chi connectivity index (χ2n) is 8.72. The summed E-state index contributed by atoms with van der Waals surface area (Å²) in [5, 5.41) is 6.26. The van der Waals surface area contributed by atoms with Gasteiger partial charge in [-0.2, -0.15) is 0 Å². The van der Waals surface area contributed by atoms with Crippen molar-refractivity contribution in [2.75, 3.05) is 5.32 Å². The fourth-order valence-corrected chi connectivity index (χ4v) is 4.52. The van der Waals surface area contributed by atoms with E-state index in [1.165, 1.54) is 12.1 Å². The first-order valence-electron chi connectivity index (χ1n) is 10.1. The van der Waals surface area contributed by atoms with Crippen LogP contribution in [0.25, 0.3) is 0 Å². The van der Waals surface area contributed by atoms with Gasteiger partial charge in [-0.15, -0.1) is 0 Å². The molecule has 2 aromatic carbocycles. The van der Waals surface area contributed by atoms with Crippen molar-refractivity contribution in [2.24, 2.45) is 11.3 Å². The van der Waals surface area contributed by atoms with E-state index >= 15 is 0 Å². The predicted octanol–water partition coefficient (Wildman–Crippen LogP) is 4.92. The molecule has 1 amide bonds. The Morgan fingerprint density at radius 2 is 1.73 bits per heavy atom. The van der Waals surface area contributed by atoms with Gasteiger partial charge in [-0.3, -0.25) is 9.59 Å². The van der Waals surface area contributed by atoms with E-state index in [0.717, 1.165) is 11.3 Å². The number of ketones is 1. The minimum absolute atomic E-state index is 0.0804. The summed E-state index contributed by atoms with van der Waals surface area (Å²) < 4.78 is 13.6. The molecule has 0 saturated heterocycles. The molecule has 0 radical (unpaired) electrons. The third-order valence-corrected chi connectivity index (χ3v) is 5.74. The number of Topliss-reactive ketones (excluding diaryl/α,β-unsaturated/α-hetero) is 1. The number of halogens is 1. The quantitative estimate of drug-likeness (QED) is 0.763. The number of anilines is 1. The Morgan fingerprint density at radius 3 is 2.40 bits per heavy atom. The van der Waals surface area contributed by atoms with Crippen molar-refractivity contribution >= 4 is 17.4 Å². The number of fused-ring (bicyclic) bond motifs is 1. The molecule has 154 valence electrons. The van der Waals surface area contributed by atoms with E-state index in [0.29, 0.717) is 23.4 Å². The molecule has 0 bridgehead atoms. The van der Waals surface area contributed by atoms with Crippen molar-refractivity contribution in [3.8, 4) is 0 Å². The topological polar surface area (TPSA) is 58.2 Å². The third kappa shape index (κ3) is 3.80. The largest absolute Gasteiger partial charge is 0.362 e. The molecule has 4 rings (SSSR count). The number of benzene rings is 2. The summed E-state index contributed by atoms with van der Waals surface area (Å²) >= 11 is 0. The zero-order chi connectivity index (χ0) is 21.5. The molecule has 0 spiro atoms. The van der Waals surface area contributed by atoms with Crippen LogP contribution in [0.1, 0.15) is 38.7 Å². The molecular weight excluding hydrogens is 379 g/mol. The van der Waals surface area contributed by atoms with E-state index in [1.807, 2.05) is 51.1 Å². The fraction of sp³-hybridized carbons (Fsp3) is 0.280. The predicted molar refractivity (Wildman–Crippen MR) is 115 cm³/mol. The lowest BCUT2D eigenvalue weighted by Crippen LogP contribution is -2.44. The molecule has 2 unspecified atom stereocenters. The number of allylic oxidation sites excluding steroid dienone is 3. The van der Waals surface area contributed by atoms with Crippen LogP contribution in [-0.4, -0.2) is 11.7 Å². The number of nitrogens with one attached hydrogen (secondary N) is 2. The number of hydrogen-bond donors (Lipinski definition) is 2. The van der Waals surface area contributed by atoms with Crippen molar-refractivity contribution < 1.29 is 14.0 Å². The number of carbonyl (C=O) groups is 2. The van der Waals surface area contributed by atoms with Gasteiger partial charge in [0.1, 0.15) is 11.6 Å². The Bertz CT molecular complexity index is 1050. The smallest absolute Gasteiger partial charge is 0.253 e. The maximum Gasteiger partial charge on any atom is 0.253 e. The summed E-state index contributed by atoms with van der Waals surface area (Å²) in [5.74, 6) is -1.52. The fourth-order valence-electron chi connectivity index (χ4n) is 4.52. The molecule has 1 aliphatic carbocycles. The number of amides is 1. The van der Waals surface area contributed by atoms with Crippen LogP contribution >= 0.6 is 0 Å². The van der Waals surface area contributed by atoms with Crippen LogP contribution in [0.5, 0.6) is 0 Å². The van der Waals surface area contributed by atoms with Gasteiger partial charge in [0, 0.05) is 35.0 Å². The molecule has 1 heterocycles. The second-order valence-corrected chi connectivity index (χ2v) is 8.72. The highest BCUT2D eigenvalue weighted by Crippen LogP contribution is 2.46. The summed E-state index contributed by atoms with van der Waals surface area (Å²) in [6, 6.07) is 15.3. The molecular formula is C25H25FN2O2. The molecule has 4 nitrogen and oxygen atoms in total. The van der Waals surface area contributed by atoms with Crippen molar-refractivity contribution in [1.29, 1.82) is 0 Å². The van der Waals surface area contributed by atoms with Gasteiger partial charge in [-0.25, -0.2) is 4.39 Å². The average Bonchev–Trinajstić information content (AvgIpc) is 2.67. The van der Waals surface area contributed by atoms with Gasteiger partial charge in [0.15, 0.2) is 0 Å². The van der Waals surface area contributed by atoms with Crippen LogP contribution in [0, 0.1) is 17.2 Å². The maximum absolute atomic E-state index is 13.6. The summed E-state index contributed by atoms with van der Waals surface area (Å²) in [4.78, 5) is 26.5. The van der Waals surface area contributed by atoms with Crippen LogP contribution in [0.15, 0.2) is 77.6 Å². The third-order valence-electron chi connectivity index (χ3n) is 5.74. The number of hydrogen-bond acceptors (Lipinski definition) is 3. The Morgan fingerprint density at radius 1 is 1.07 bits per heavy atom. The molecule has 0 saturated carbocycles. The Balaban J connectivity index is 1.82. The molecule has 1 aliphatic heterocycles. The van der Waals surface area contributed by atoms with E-state index < -0.39 is 11.8 Å². The summed E-state index contributed by atoms with van der Waals surface area (Å²) in [7, 11) is 0. The molecule has 30 heavy (non-hydrogen) atoms. The van der Waals surface area contributed by atoms with Crippen molar-refractivity contribution in [1.82, 2.24) is 5.32 Å². The standard InChI is InChI=1S/C25H25FN2O2/c1-15-21(24(30)28-18-7-5-4-6-8-18)22(16-9-11-17(26)12-10-16)23-19(27-15)13-25(2,3)14-20(23)29/h4-13,22-23,27H,14H2,1-3H3,(H,28,30). The summed E-state index contributed by atoms with van der Waals surface area (Å²) in [6.07, 6.45) is 2.48. The molecule has 5 heteroatoms. The van der Waals surface area contributed by atoms with Crippen LogP contribution < -0.4 is 10.6 Å². The average molecular weight is 404 g/mol. The Hall–Kier alpha value is -3.21. The Labute approximate surface area is 175 Å². The number of para-hydroxylation sites is 1. The monoisotopic (exact) mass is 404 g/mol. The molecule has 2 N–H and O–H groups in total. The van der Waals surface area contributed by atoms with Crippen molar-refractivity contribution in [3.05, 3.63) is 89.0 Å². The molecule has 0 aromatic heterocycles. The van der Waals surface area contributed by atoms with Gasteiger partial charge in [0.05, 0.1) is 5.92 Å². The number of rotatable bonds is 3. The van der Waals surface area contributed by atoms with Gasteiger partial charge in [-0.1, -0.05) is 50.3 Å². The van der Waals surface area contributed by atoms with Gasteiger partial charge in [0.25, 0.3) is 5.91 Å². The molecule has 2 aromatic rings. The van der Waals surface area contributed by atoms with Crippen LogP contribution in [0.3, 0.4) is 0 Å². The van der Waals surface area contributed by atoms with E-state index in [4.69, 9.17) is 0 Å². The zero-order valence-electron chi connectivity index (χ0n) is 17.3. The van der Waals surface area contributed by atoms with Gasteiger partial charge < -0.3 is 10.6 Å². The number of carbonyl (C=O) groups excluding carboxylic acids is 2. The summed E-state index contributed by atoms with van der Waals surface area (Å²) in [5.41, 5.74) is 3.19. The highest BCUT2D eigenvalue weighted by molar-refractivity contribution is 6.07. The Kier molecular flexibility index (Phi) is 5.06. The normalized spacial score (nSPS) is 22.7. The minimum Gasteiger partial charge on any atom is -0.362 e. The highest BCUT2D eigenvalue weighted by Gasteiger charge is 2.45. The molecule has 0 fully saturated rings. The van der Waals surface area contributed by atoms with Gasteiger partial charge in [0.2, 0.25) is 0 Å². The van der Waals surface area contributed by atoms with Crippen LogP contribution in [0.2, 0.25) is 0 Å². The molecule has 2 atom stereocenters. The molecule has 2 aliphatic rings. The van der Waals surface area contributed by atoms with Crippen LogP contribution in [0.4, 0.5) is 10.1 Å². The first-order valence-corrected chi connectivity index (χ1v) is 10.1. The van der Waals surface area contributed by atoms with Gasteiger partial charge in [-0.05, 0) is 42.2 Å². The van der Waals surface area contributed by atoms with E-state index in [2.05, 4.69) is 16.7 Å². The highest BCUT2D eigenvalue weighted by atomic mass is 19.1. The van der Waals surface area contributed by atoms with Crippen molar-refractivity contribution in [3.63, 3.8) is 0 Å². The lowest BCUT2D eigenvalue weighted by atomic mass is 9.66. The summed E-state index contributed by atoms with van der Waals surface area (Å²) in [6.45, 7) is 5.90. The second kappa shape index (κ2) is 7.56. The maximum atomic E-state index is 13.6.